The Morgan fingerprint density at radius 2 is 1.83 bits per heavy atom. The Bertz CT molecular complexity index is 1080. The number of fused-ring (bicyclic) bond motifs is 2. The molecule has 1 aromatic heterocycles. The first-order valence-electron chi connectivity index (χ1n) is 9.81. The van der Waals surface area contributed by atoms with Crippen molar-refractivity contribution in [1.82, 2.24) is 4.98 Å². The molecule has 0 spiro atoms. The van der Waals surface area contributed by atoms with Gasteiger partial charge < -0.3 is 9.84 Å². The lowest BCUT2D eigenvalue weighted by molar-refractivity contribution is -0.626. The summed E-state index contributed by atoms with van der Waals surface area (Å²) in [4.78, 5) is 16.4. The summed E-state index contributed by atoms with van der Waals surface area (Å²) < 4.78 is 7.41. The number of hydrogen-bond acceptors (Lipinski definition) is 6. The summed E-state index contributed by atoms with van der Waals surface area (Å²) in [5, 5.41) is 11.4. The van der Waals surface area contributed by atoms with Gasteiger partial charge in [0.1, 0.15) is 10.8 Å². The highest BCUT2D eigenvalue weighted by Crippen LogP contribution is 2.69. The molecule has 0 radical (unpaired) electrons. The van der Waals surface area contributed by atoms with Crippen LogP contribution in [-0.2, 0) is 20.3 Å². The number of aromatic nitrogens is 1. The smallest absolute Gasteiger partial charge is 0.261 e. The molecule has 5 rings (SSSR count). The fraction of sp³-hybridized carbons (Fsp3) is 0.435. The number of thiazole rings is 1. The highest BCUT2D eigenvalue weighted by atomic mass is 32.1. The summed E-state index contributed by atoms with van der Waals surface area (Å²) in [6, 6.07) is 13.5. The van der Waals surface area contributed by atoms with Gasteiger partial charge in [0.2, 0.25) is 0 Å². The van der Waals surface area contributed by atoms with E-state index < -0.39 is 11.4 Å². The highest BCUT2D eigenvalue weighted by Gasteiger charge is 2.81. The van der Waals surface area contributed by atoms with Crippen molar-refractivity contribution in [3.05, 3.63) is 48.0 Å². The summed E-state index contributed by atoms with van der Waals surface area (Å²) >= 11 is 1.60. The zero-order valence-corrected chi connectivity index (χ0v) is 18.1. The molecule has 2 fully saturated rings. The molecule has 2 saturated heterocycles. The molecule has 0 amide bonds. The van der Waals surface area contributed by atoms with E-state index in [2.05, 4.69) is 40.7 Å². The van der Waals surface area contributed by atoms with Crippen molar-refractivity contribution < 1.29 is 19.6 Å². The number of para-hydroxylation sites is 1. The van der Waals surface area contributed by atoms with E-state index in [0.717, 1.165) is 26.4 Å². The first-order valence-corrected chi connectivity index (χ1v) is 10.6. The SMILES string of the molecule is CC(C)(C)[C@@]12OO[C@]1(c1cc(O)cc(-c3nc4ccccc4s3)c1)OCC2(C)C. The van der Waals surface area contributed by atoms with Crippen LogP contribution in [0, 0.1) is 10.8 Å². The van der Waals surface area contributed by atoms with Crippen molar-refractivity contribution in [2.45, 2.75) is 46.0 Å². The second kappa shape index (κ2) is 5.79. The molecule has 1 N–H and O–H groups in total. The van der Waals surface area contributed by atoms with E-state index in [-0.39, 0.29) is 16.6 Å². The van der Waals surface area contributed by atoms with E-state index in [1.54, 1.807) is 23.5 Å². The molecule has 5 nitrogen and oxygen atoms in total. The molecule has 0 bridgehead atoms. The molecule has 2 aliphatic rings. The number of phenols is 1. The normalized spacial score (nSPS) is 28.3. The Morgan fingerprint density at radius 3 is 2.48 bits per heavy atom. The van der Waals surface area contributed by atoms with Crippen LogP contribution in [0.1, 0.15) is 40.2 Å². The van der Waals surface area contributed by atoms with Crippen molar-refractivity contribution >= 4 is 21.6 Å². The van der Waals surface area contributed by atoms with E-state index in [9.17, 15) is 5.11 Å². The summed E-state index contributed by atoms with van der Waals surface area (Å²) in [7, 11) is 0. The molecule has 6 heteroatoms. The lowest BCUT2D eigenvalue weighted by atomic mass is 9.57. The van der Waals surface area contributed by atoms with Gasteiger partial charge in [-0.15, -0.1) is 11.3 Å². The monoisotopic (exact) mass is 411 g/mol. The van der Waals surface area contributed by atoms with Crippen molar-refractivity contribution in [2.24, 2.45) is 10.8 Å². The minimum atomic E-state index is -1.07. The largest absolute Gasteiger partial charge is 0.508 e. The molecule has 0 unspecified atom stereocenters. The van der Waals surface area contributed by atoms with Crippen LogP contribution < -0.4 is 0 Å². The Labute approximate surface area is 174 Å². The molecular formula is C23H25NO4S. The third-order valence-electron chi connectivity index (χ3n) is 6.23. The maximum absolute atomic E-state index is 10.6. The number of benzene rings is 2. The highest BCUT2D eigenvalue weighted by molar-refractivity contribution is 7.21. The second-order valence-electron chi connectivity index (χ2n) is 9.64. The second-order valence-corrected chi connectivity index (χ2v) is 10.7. The Balaban J connectivity index is 1.68. The predicted octanol–water partition coefficient (Wildman–Crippen LogP) is 5.62. The van der Waals surface area contributed by atoms with E-state index in [1.807, 2.05) is 24.3 Å². The fourth-order valence-electron chi connectivity index (χ4n) is 5.16. The van der Waals surface area contributed by atoms with Crippen LogP contribution >= 0.6 is 11.3 Å². The average molecular weight is 412 g/mol. The Morgan fingerprint density at radius 1 is 1.07 bits per heavy atom. The number of hydrogen-bond donors (Lipinski definition) is 1. The van der Waals surface area contributed by atoms with E-state index >= 15 is 0 Å². The first-order chi connectivity index (χ1) is 13.6. The summed E-state index contributed by atoms with van der Waals surface area (Å²) in [5.74, 6) is -0.920. The van der Waals surface area contributed by atoms with Crippen LogP contribution in [0.25, 0.3) is 20.8 Å². The van der Waals surface area contributed by atoms with Gasteiger partial charge in [0.25, 0.3) is 5.79 Å². The molecule has 2 atom stereocenters. The molecule has 3 aromatic rings. The number of aromatic hydroxyl groups is 1. The minimum absolute atomic E-state index is 0.151. The number of nitrogens with zero attached hydrogens (tertiary/aromatic N) is 1. The van der Waals surface area contributed by atoms with Gasteiger partial charge in [0.15, 0.2) is 5.60 Å². The molecule has 0 saturated carbocycles. The van der Waals surface area contributed by atoms with Crippen LogP contribution in [0.2, 0.25) is 0 Å². The zero-order chi connectivity index (χ0) is 20.7. The quantitative estimate of drug-likeness (QED) is 0.554. The summed E-state index contributed by atoms with van der Waals surface area (Å²) in [6.45, 7) is 11.2. The standard InChI is InChI=1S/C23H25NO4S/c1-20(2,3)23-21(4,5)13-26-22(23,27-28-23)15-10-14(11-16(25)12-15)19-24-17-8-6-7-9-18(17)29-19/h6-12,25H,13H2,1-5H3/t22-,23-/m0/s1. The van der Waals surface area contributed by atoms with Gasteiger partial charge in [-0.3, -0.25) is 0 Å². The topological polar surface area (TPSA) is 60.8 Å². The first kappa shape index (κ1) is 19.0. The van der Waals surface area contributed by atoms with Gasteiger partial charge in [-0.2, -0.15) is 4.89 Å². The van der Waals surface area contributed by atoms with Gasteiger partial charge in [0.05, 0.1) is 16.8 Å². The number of phenolic OH excluding ortho intramolecular Hbond substituents is 1. The molecule has 0 aliphatic carbocycles. The van der Waals surface area contributed by atoms with Crippen molar-refractivity contribution in [3.63, 3.8) is 0 Å². The third kappa shape index (κ3) is 2.34. The van der Waals surface area contributed by atoms with Gasteiger partial charge >= 0.3 is 0 Å². The van der Waals surface area contributed by atoms with Crippen molar-refractivity contribution in [1.29, 1.82) is 0 Å². The lowest BCUT2D eigenvalue weighted by Crippen LogP contribution is -2.73. The van der Waals surface area contributed by atoms with Gasteiger partial charge in [0, 0.05) is 22.0 Å². The number of ether oxygens (including phenoxy) is 1. The van der Waals surface area contributed by atoms with Crippen LogP contribution in [-0.4, -0.2) is 22.3 Å². The molecule has 29 heavy (non-hydrogen) atoms. The van der Waals surface area contributed by atoms with Crippen LogP contribution in [0.4, 0.5) is 0 Å². The third-order valence-corrected chi connectivity index (χ3v) is 7.32. The number of rotatable bonds is 2. The molecular weight excluding hydrogens is 386 g/mol. The fourth-order valence-corrected chi connectivity index (χ4v) is 6.11. The van der Waals surface area contributed by atoms with E-state index in [1.165, 1.54) is 0 Å². The van der Waals surface area contributed by atoms with Crippen molar-refractivity contribution in [3.8, 4) is 16.3 Å². The van der Waals surface area contributed by atoms with Gasteiger partial charge in [-0.05, 0) is 30.3 Å². The molecule has 2 aliphatic heterocycles. The Hall–Kier alpha value is -1.99. The van der Waals surface area contributed by atoms with Gasteiger partial charge in [-0.1, -0.05) is 46.8 Å². The van der Waals surface area contributed by atoms with Gasteiger partial charge in [-0.25, -0.2) is 9.87 Å². The van der Waals surface area contributed by atoms with E-state index in [4.69, 9.17) is 19.5 Å². The Kier molecular flexibility index (Phi) is 3.79. The van der Waals surface area contributed by atoms with Crippen molar-refractivity contribution in [2.75, 3.05) is 6.61 Å². The zero-order valence-electron chi connectivity index (χ0n) is 17.3. The molecule has 2 aromatic carbocycles. The predicted molar refractivity (Wildman–Crippen MR) is 112 cm³/mol. The summed E-state index contributed by atoms with van der Waals surface area (Å²) in [6.07, 6.45) is 0. The lowest BCUT2D eigenvalue weighted by Gasteiger charge is -2.61. The average Bonchev–Trinajstić information content (AvgIpc) is 3.09. The maximum Gasteiger partial charge on any atom is 0.261 e. The maximum atomic E-state index is 10.6. The molecule has 152 valence electrons. The summed E-state index contributed by atoms with van der Waals surface area (Å²) in [5.41, 5.74) is 1.31. The van der Waals surface area contributed by atoms with E-state index in [0.29, 0.717) is 6.61 Å². The van der Waals surface area contributed by atoms with Crippen LogP contribution in [0.15, 0.2) is 42.5 Å². The van der Waals surface area contributed by atoms with Crippen LogP contribution in [0.5, 0.6) is 5.75 Å². The molecule has 3 heterocycles. The van der Waals surface area contributed by atoms with Crippen LogP contribution in [0.3, 0.4) is 0 Å². The minimum Gasteiger partial charge on any atom is -0.508 e.